The predicted octanol–water partition coefficient (Wildman–Crippen LogP) is 4.16. The second-order valence-electron chi connectivity index (χ2n) is 8.14. The molecule has 1 aliphatic rings. The zero-order valence-electron chi connectivity index (χ0n) is 17.8. The smallest absolute Gasteiger partial charge is 0.276 e. The van der Waals surface area contributed by atoms with Gasteiger partial charge in [0.1, 0.15) is 17.2 Å². The Kier molecular flexibility index (Phi) is 5.20. The van der Waals surface area contributed by atoms with Crippen molar-refractivity contribution in [3.63, 3.8) is 0 Å². The van der Waals surface area contributed by atoms with Gasteiger partial charge in [0.2, 0.25) is 0 Å². The van der Waals surface area contributed by atoms with Gasteiger partial charge in [-0.15, -0.1) is 0 Å². The standard InChI is InChI=1S/C24H21FN4O3S/c1-15-26-22-21(29(15)19-11-12-33(31,32)14-19)13-20(16-5-3-2-4-6-16)28-23(22)24(30)27-18-9-7-17(25)8-10-18/h2-10,13,19H,11-12,14H2,1H3,(H,27,30). The molecule has 0 aliphatic carbocycles. The van der Waals surface area contributed by atoms with E-state index in [2.05, 4.69) is 15.3 Å². The topological polar surface area (TPSA) is 93.9 Å². The monoisotopic (exact) mass is 464 g/mol. The van der Waals surface area contributed by atoms with Gasteiger partial charge in [0.15, 0.2) is 15.5 Å². The van der Waals surface area contributed by atoms with Crippen LogP contribution in [0.2, 0.25) is 0 Å². The second kappa shape index (κ2) is 8.08. The number of carbonyl (C=O) groups excluding carboxylic acids is 1. The number of hydrogen-bond donors (Lipinski definition) is 1. The van der Waals surface area contributed by atoms with Crippen LogP contribution in [-0.2, 0) is 9.84 Å². The zero-order chi connectivity index (χ0) is 23.2. The molecule has 5 rings (SSSR count). The van der Waals surface area contributed by atoms with Crippen LogP contribution < -0.4 is 5.32 Å². The van der Waals surface area contributed by atoms with Crippen LogP contribution in [0.4, 0.5) is 10.1 Å². The number of pyridine rings is 1. The van der Waals surface area contributed by atoms with E-state index in [0.717, 1.165) is 5.56 Å². The number of nitrogens with zero attached hydrogens (tertiary/aromatic N) is 3. The molecule has 1 aliphatic heterocycles. The summed E-state index contributed by atoms with van der Waals surface area (Å²) in [6, 6.07) is 16.5. The van der Waals surface area contributed by atoms with Gasteiger partial charge in [-0.1, -0.05) is 30.3 Å². The molecule has 1 N–H and O–H groups in total. The van der Waals surface area contributed by atoms with Gasteiger partial charge in [0.05, 0.1) is 28.8 Å². The second-order valence-corrected chi connectivity index (χ2v) is 10.4. The van der Waals surface area contributed by atoms with E-state index in [-0.39, 0.29) is 23.2 Å². The fourth-order valence-electron chi connectivity index (χ4n) is 4.29. The largest absolute Gasteiger partial charge is 0.324 e. The Morgan fingerprint density at radius 2 is 1.82 bits per heavy atom. The maximum atomic E-state index is 13.3. The van der Waals surface area contributed by atoms with Crippen molar-refractivity contribution in [2.24, 2.45) is 0 Å². The molecule has 0 saturated carbocycles. The highest BCUT2D eigenvalue weighted by Crippen LogP contribution is 2.32. The minimum absolute atomic E-state index is 0.0411. The van der Waals surface area contributed by atoms with Crippen LogP contribution in [0.5, 0.6) is 0 Å². The summed E-state index contributed by atoms with van der Waals surface area (Å²) in [7, 11) is -3.11. The molecule has 0 radical (unpaired) electrons. The number of amides is 1. The summed E-state index contributed by atoms with van der Waals surface area (Å²) < 4.78 is 39.4. The van der Waals surface area contributed by atoms with Gasteiger partial charge in [0.25, 0.3) is 5.91 Å². The molecule has 1 amide bonds. The minimum Gasteiger partial charge on any atom is -0.324 e. The fourth-order valence-corrected chi connectivity index (χ4v) is 5.99. The molecule has 168 valence electrons. The lowest BCUT2D eigenvalue weighted by Crippen LogP contribution is -2.15. The third-order valence-electron chi connectivity index (χ3n) is 5.81. The molecule has 2 aromatic heterocycles. The predicted molar refractivity (Wildman–Crippen MR) is 124 cm³/mol. The fraction of sp³-hybridized carbons (Fsp3) is 0.208. The van der Waals surface area contributed by atoms with E-state index in [1.807, 2.05) is 41.0 Å². The van der Waals surface area contributed by atoms with Crippen molar-refractivity contribution < 1.29 is 17.6 Å². The number of halogens is 1. The normalized spacial score (nSPS) is 17.3. The summed E-state index contributed by atoms with van der Waals surface area (Å²) in [5.41, 5.74) is 3.01. The molecule has 2 aromatic carbocycles. The molecule has 9 heteroatoms. The number of anilines is 1. The maximum absolute atomic E-state index is 13.3. The van der Waals surface area contributed by atoms with Gasteiger partial charge in [-0.3, -0.25) is 4.79 Å². The Bertz CT molecular complexity index is 1470. The lowest BCUT2D eigenvalue weighted by Gasteiger charge is -2.15. The van der Waals surface area contributed by atoms with E-state index in [0.29, 0.717) is 34.7 Å². The highest BCUT2D eigenvalue weighted by atomic mass is 32.2. The highest BCUT2D eigenvalue weighted by Gasteiger charge is 2.32. The molecule has 1 saturated heterocycles. The molecule has 7 nitrogen and oxygen atoms in total. The van der Waals surface area contributed by atoms with Crippen LogP contribution in [0, 0.1) is 12.7 Å². The van der Waals surface area contributed by atoms with Crippen molar-refractivity contribution in [1.82, 2.24) is 14.5 Å². The molecular formula is C24H21FN4O3S. The van der Waals surface area contributed by atoms with E-state index in [9.17, 15) is 17.6 Å². The summed E-state index contributed by atoms with van der Waals surface area (Å²) in [4.78, 5) is 22.4. The number of nitrogens with one attached hydrogen (secondary N) is 1. The number of aromatic nitrogens is 3. The van der Waals surface area contributed by atoms with Crippen molar-refractivity contribution in [1.29, 1.82) is 0 Å². The molecule has 1 atom stereocenters. The van der Waals surface area contributed by atoms with E-state index in [4.69, 9.17) is 0 Å². The van der Waals surface area contributed by atoms with E-state index in [1.165, 1.54) is 24.3 Å². The Morgan fingerprint density at radius 3 is 2.48 bits per heavy atom. The van der Waals surface area contributed by atoms with Gasteiger partial charge in [0, 0.05) is 11.3 Å². The van der Waals surface area contributed by atoms with Crippen LogP contribution in [0.1, 0.15) is 28.8 Å². The first-order valence-electron chi connectivity index (χ1n) is 10.5. The summed E-state index contributed by atoms with van der Waals surface area (Å²) in [5.74, 6) is -0.0893. The Labute approximate surface area is 190 Å². The van der Waals surface area contributed by atoms with Gasteiger partial charge in [-0.25, -0.2) is 22.8 Å². The lowest BCUT2D eigenvalue weighted by molar-refractivity contribution is 0.102. The number of rotatable bonds is 4. The van der Waals surface area contributed by atoms with Crippen molar-refractivity contribution in [3.05, 3.63) is 78.0 Å². The number of hydrogen-bond acceptors (Lipinski definition) is 5. The molecule has 3 heterocycles. The highest BCUT2D eigenvalue weighted by molar-refractivity contribution is 7.91. The number of aryl methyl sites for hydroxylation is 1. The van der Waals surface area contributed by atoms with Crippen LogP contribution in [0.3, 0.4) is 0 Å². The quantitative estimate of drug-likeness (QED) is 0.490. The SMILES string of the molecule is Cc1nc2c(C(=O)Nc3ccc(F)cc3)nc(-c3ccccc3)cc2n1C1CCS(=O)(=O)C1. The Morgan fingerprint density at radius 1 is 1.09 bits per heavy atom. The number of carbonyl (C=O) groups is 1. The van der Waals surface area contributed by atoms with Gasteiger partial charge in [-0.2, -0.15) is 0 Å². The first kappa shape index (κ1) is 21.3. The van der Waals surface area contributed by atoms with Crippen LogP contribution in [0.15, 0.2) is 60.7 Å². The average Bonchev–Trinajstić information content (AvgIpc) is 3.32. The summed E-state index contributed by atoms with van der Waals surface area (Å²) >= 11 is 0. The third-order valence-corrected chi connectivity index (χ3v) is 7.57. The Hall–Kier alpha value is -3.59. The first-order chi connectivity index (χ1) is 15.8. The number of benzene rings is 2. The van der Waals surface area contributed by atoms with Crippen molar-refractivity contribution in [3.8, 4) is 11.3 Å². The third kappa shape index (κ3) is 4.11. The van der Waals surface area contributed by atoms with Gasteiger partial charge in [-0.05, 0) is 43.7 Å². The molecule has 0 bridgehead atoms. The molecule has 1 fully saturated rings. The van der Waals surface area contributed by atoms with Crippen LogP contribution in [0.25, 0.3) is 22.3 Å². The van der Waals surface area contributed by atoms with Crippen molar-refractivity contribution in [2.45, 2.75) is 19.4 Å². The summed E-state index contributed by atoms with van der Waals surface area (Å²) in [6.07, 6.45) is 0.495. The van der Waals surface area contributed by atoms with E-state index in [1.54, 1.807) is 6.92 Å². The van der Waals surface area contributed by atoms with Gasteiger partial charge >= 0.3 is 0 Å². The van der Waals surface area contributed by atoms with E-state index < -0.39 is 21.6 Å². The average molecular weight is 465 g/mol. The number of imidazole rings is 1. The first-order valence-corrected chi connectivity index (χ1v) is 12.4. The van der Waals surface area contributed by atoms with Crippen molar-refractivity contribution >= 4 is 32.5 Å². The summed E-state index contributed by atoms with van der Waals surface area (Å²) in [6.45, 7) is 1.80. The van der Waals surface area contributed by atoms with E-state index >= 15 is 0 Å². The maximum Gasteiger partial charge on any atom is 0.276 e. The Balaban J connectivity index is 1.66. The molecule has 33 heavy (non-hydrogen) atoms. The molecular weight excluding hydrogens is 443 g/mol. The summed E-state index contributed by atoms with van der Waals surface area (Å²) in [5, 5.41) is 2.75. The molecule has 0 spiro atoms. The zero-order valence-corrected chi connectivity index (χ0v) is 18.6. The lowest BCUT2D eigenvalue weighted by atomic mass is 10.1. The minimum atomic E-state index is -3.11. The number of fused-ring (bicyclic) bond motifs is 1. The van der Waals surface area contributed by atoms with Crippen LogP contribution in [-0.4, -0.2) is 40.4 Å². The molecule has 1 unspecified atom stereocenters. The molecule has 4 aromatic rings. The van der Waals surface area contributed by atoms with Gasteiger partial charge < -0.3 is 9.88 Å². The number of sulfone groups is 1. The van der Waals surface area contributed by atoms with Crippen molar-refractivity contribution in [2.75, 3.05) is 16.8 Å². The van der Waals surface area contributed by atoms with Crippen LogP contribution >= 0.6 is 0 Å².